The van der Waals surface area contributed by atoms with Crippen LogP contribution in [0.5, 0.6) is 0 Å². The van der Waals surface area contributed by atoms with Crippen molar-refractivity contribution in [1.29, 1.82) is 0 Å². The van der Waals surface area contributed by atoms with Crippen LogP contribution in [-0.2, 0) is 19.0 Å². The van der Waals surface area contributed by atoms with Crippen molar-refractivity contribution < 1.29 is 28.6 Å². The van der Waals surface area contributed by atoms with Gasteiger partial charge in [-0.15, -0.1) is 0 Å². The van der Waals surface area contributed by atoms with Gasteiger partial charge in [-0.3, -0.25) is 4.79 Å². The second kappa shape index (κ2) is 9.98. The standard InChI is InChI=1S/C20H36N2O6/c1-19(2,3)27-17(24)21-13-15-9-11-22(18(25)28-20(4,5)6)10-8-14(15)12-16(23)26-7/h14-15H,8-13H2,1-7H3,(H,21,24). The maximum absolute atomic E-state index is 12.4. The van der Waals surface area contributed by atoms with Crippen LogP contribution >= 0.6 is 0 Å². The van der Waals surface area contributed by atoms with Crippen LogP contribution < -0.4 is 5.32 Å². The second-order valence-electron chi connectivity index (χ2n) is 9.23. The van der Waals surface area contributed by atoms with E-state index in [4.69, 9.17) is 14.2 Å². The zero-order valence-corrected chi connectivity index (χ0v) is 18.3. The van der Waals surface area contributed by atoms with E-state index in [1.165, 1.54) is 7.11 Å². The number of carbonyl (C=O) groups excluding carboxylic acids is 3. The van der Waals surface area contributed by atoms with E-state index in [-0.39, 0.29) is 30.3 Å². The van der Waals surface area contributed by atoms with Crippen molar-refractivity contribution in [2.75, 3.05) is 26.7 Å². The zero-order valence-electron chi connectivity index (χ0n) is 18.3. The molecule has 1 fully saturated rings. The maximum atomic E-state index is 12.4. The van der Waals surface area contributed by atoms with Gasteiger partial charge in [-0.25, -0.2) is 9.59 Å². The second-order valence-corrected chi connectivity index (χ2v) is 9.23. The van der Waals surface area contributed by atoms with E-state index in [1.807, 2.05) is 20.8 Å². The highest BCUT2D eigenvalue weighted by Crippen LogP contribution is 2.28. The van der Waals surface area contributed by atoms with Crippen LogP contribution in [0.3, 0.4) is 0 Å². The molecule has 2 atom stereocenters. The number of rotatable bonds is 4. The number of likely N-dealkylation sites (tertiary alicyclic amines) is 1. The average molecular weight is 401 g/mol. The van der Waals surface area contributed by atoms with Crippen LogP contribution in [0, 0.1) is 11.8 Å². The number of nitrogens with one attached hydrogen (secondary N) is 1. The number of esters is 1. The first-order valence-corrected chi connectivity index (χ1v) is 9.82. The number of alkyl carbamates (subject to hydrolysis) is 1. The lowest BCUT2D eigenvalue weighted by molar-refractivity contribution is -0.142. The number of ether oxygens (including phenoxy) is 3. The third-order valence-electron chi connectivity index (χ3n) is 4.42. The summed E-state index contributed by atoms with van der Waals surface area (Å²) >= 11 is 0. The van der Waals surface area contributed by atoms with Gasteiger partial charge in [0.05, 0.1) is 7.11 Å². The van der Waals surface area contributed by atoms with E-state index in [1.54, 1.807) is 25.7 Å². The highest BCUT2D eigenvalue weighted by Gasteiger charge is 2.32. The number of methoxy groups -OCH3 is 1. The van der Waals surface area contributed by atoms with Gasteiger partial charge in [-0.2, -0.15) is 0 Å². The van der Waals surface area contributed by atoms with Gasteiger partial charge in [0.2, 0.25) is 0 Å². The first-order chi connectivity index (χ1) is 12.8. The Bertz CT molecular complexity index is 550. The van der Waals surface area contributed by atoms with Crippen LogP contribution in [0.1, 0.15) is 60.8 Å². The van der Waals surface area contributed by atoms with Crippen molar-refractivity contribution in [3.63, 3.8) is 0 Å². The number of hydrogen-bond donors (Lipinski definition) is 1. The van der Waals surface area contributed by atoms with Gasteiger partial charge in [0.1, 0.15) is 11.2 Å². The molecule has 0 bridgehead atoms. The number of nitrogens with zero attached hydrogens (tertiary/aromatic N) is 1. The van der Waals surface area contributed by atoms with Gasteiger partial charge >= 0.3 is 18.2 Å². The molecule has 0 saturated carbocycles. The molecule has 8 nitrogen and oxygen atoms in total. The minimum Gasteiger partial charge on any atom is -0.469 e. The minimum absolute atomic E-state index is 0.00479. The summed E-state index contributed by atoms with van der Waals surface area (Å²) < 4.78 is 15.6. The van der Waals surface area contributed by atoms with Crippen molar-refractivity contribution in [1.82, 2.24) is 10.2 Å². The molecule has 1 rings (SSSR count). The summed E-state index contributed by atoms with van der Waals surface area (Å²) in [6, 6.07) is 0. The van der Waals surface area contributed by atoms with Gasteiger partial charge in [0, 0.05) is 26.1 Å². The molecule has 0 aromatic carbocycles. The molecule has 2 amide bonds. The molecule has 2 unspecified atom stereocenters. The Labute approximate surface area is 168 Å². The first kappa shape index (κ1) is 24.0. The Kier molecular flexibility index (Phi) is 8.57. The Hall–Kier alpha value is -1.99. The summed E-state index contributed by atoms with van der Waals surface area (Å²) in [6.45, 7) is 12.3. The van der Waals surface area contributed by atoms with Crippen molar-refractivity contribution in [3.05, 3.63) is 0 Å². The molecule has 0 aromatic heterocycles. The summed E-state index contributed by atoms with van der Waals surface area (Å²) in [5, 5.41) is 2.79. The molecule has 162 valence electrons. The smallest absolute Gasteiger partial charge is 0.410 e. The molecule has 1 aliphatic rings. The fourth-order valence-corrected chi connectivity index (χ4v) is 3.10. The highest BCUT2D eigenvalue weighted by atomic mass is 16.6. The predicted molar refractivity (Wildman–Crippen MR) is 105 cm³/mol. The SMILES string of the molecule is COC(=O)CC1CCN(C(=O)OC(C)(C)C)CCC1CNC(=O)OC(C)(C)C. The van der Waals surface area contributed by atoms with Crippen molar-refractivity contribution in [2.24, 2.45) is 11.8 Å². The molecule has 1 N–H and O–H groups in total. The van der Waals surface area contributed by atoms with Crippen molar-refractivity contribution in [3.8, 4) is 0 Å². The third-order valence-corrected chi connectivity index (χ3v) is 4.42. The van der Waals surface area contributed by atoms with E-state index >= 15 is 0 Å². The molecule has 0 spiro atoms. The Morgan fingerprint density at radius 2 is 1.46 bits per heavy atom. The van der Waals surface area contributed by atoms with E-state index in [9.17, 15) is 14.4 Å². The van der Waals surface area contributed by atoms with Crippen molar-refractivity contribution >= 4 is 18.2 Å². The quantitative estimate of drug-likeness (QED) is 0.575. The largest absolute Gasteiger partial charge is 0.469 e. The van der Waals surface area contributed by atoms with Gasteiger partial charge in [0.15, 0.2) is 0 Å². The molecule has 1 aliphatic heterocycles. The molecule has 8 heteroatoms. The number of carbonyl (C=O) groups is 3. The van der Waals surface area contributed by atoms with Gasteiger partial charge in [-0.05, 0) is 66.2 Å². The fourth-order valence-electron chi connectivity index (χ4n) is 3.10. The lowest BCUT2D eigenvalue weighted by Crippen LogP contribution is -2.38. The number of hydrogen-bond acceptors (Lipinski definition) is 6. The van der Waals surface area contributed by atoms with Crippen molar-refractivity contribution in [2.45, 2.75) is 72.0 Å². The minimum atomic E-state index is -0.577. The van der Waals surface area contributed by atoms with Crippen LogP contribution in [0.4, 0.5) is 9.59 Å². The Morgan fingerprint density at radius 1 is 0.929 bits per heavy atom. The topological polar surface area (TPSA) is 94.2 Å². The molecule has 0 radical (unpaired) electrons. The van der Waals surface area contributed by atoms with Gasteiger partial charge in [0.25, 0.3) is 0 Å². The van der Waals surface area contributed by atoms with Crippen LogP contribution in [0.15, 0.2) is 0 Å². The fraction of sp³-hybridized carbons (Fsp3) is 0.850. The normalized spacial score (nSPS) is 20.8. The van der Waals surface area contributed by atoms with Gasteiger partial charge < -0.3 is 24.4 Å². The van der Waals surface area contributed by atoms with E-state index in [0.29, 0.717) is 32.5 Å². The summed E-state index contributed by atoms with van der Waals surface area (Å²) in [6.07, 6.45) is 0.688. The Balaban J connectivity index is 2.76. The third kappa shape index (κ3) is 9.28. The Morgan fingerprint density at radius 3 is 1.96 bits per heavy atom. The highest BCUT2D eigenvalue weighted by molar-refractivity contribution is 5.70. The zero-order chi connectivity index (χ0) is 21.5. The monoisotopic (exact) mass is 400 g/mol. The summed E-state index contributed by atoms with van der Waals surface area (Å²) in [5.74, 6) is -0.271. The van der Waals surface area contributed by atoms with E-state index in [0.717, 1.165) is 0 Å². The van der Waals surface area contributed by atoms with E-state index < -0.39 is 17.3 Å². The summed E-state index contributed by atoms with van der Waals surface area (Å²) in [7, 11) is 1.36. The average Bonchev–Trinajstić information content (AvgIpc) is 2.72. The van der Waals surface area contributed by atoms with E-state index in [2.05, 4.69) is 5.32 Å². The molecule has 1 heterocycles. The first-order valence-electron chi connectivity index (χ1n) is 9.82. The van der Waals surface area contributed by atoms with Crippen LogP contribution in [-0.4, -0.2) is 61.0 Å². The molecule has 0 aromatic rings. The predicted octanol–water partition coefficient (Wildman–Crippen LogP) is 3.34. The molecule has 1 saturated heterocycles. The van der Waals surface area contributed by atoms with Crippen LogP contribution in [0.2, 0.25) is 0 Å². The van der Waals surface area contributed by atoms with Gasteiger partial charge in [-0.1, -0.05) is 0 Å². The molecular weight excluding hydrogens is 364 g/mol. The molecule has 28 heavy (non-hydrogen) atoms. The molecule has 0 aliphatic carbocycles. The summed E-state index contributed by atoms with van der Waals surface area (Å²) in [5.41, 5.74) is -1.14. The lowest BCUT2D eigenvalue weighted by Gasteiger charge is -2.26. The maximum Gasteiger partial charge on any atom is 0.410 e. The lowest BCUT2D eigenvalue weighted by atomic mass is 9.85. The number of amides is 2. The summed E-state index contributed by atoms with van der Waals surface area (Å²) in [4.78, 5) is 37.9. The van der Waals surface area contributed by atoms with Crippen LogP contribution in [0.25, 0.3) is 0 Å². The molecular formula is C20H36N2O6.